The zero-order valence-corrected chi connectivity index (χ0v) is 15.1. The van der Waals surface area contributed by atoms with E-state index in [0.29, 0.717) is 23.2 Å². The molecule has 1 heterocycles. The Balaban J connectivity index is 1.90. The molecular formula is C21H22FN3O. The maximum absolute atomic E-state index is 14.3. The van der Waals surface area contributed by atoms with Crippen LogP contribution in [0, 0.1) is 17.1 Å². The second-order valence-electron chi connectivity index (χ2n) is 6.87. The Kier molecular flexibility index (Phi) is 5.22. The van der Waals surface area contributed by atoms with Crippen LogP contribution in [0.5, 0.6) is 0 Å². The molecule has 1 N–H and O–H groups in total. The maximum Gasteiger partial charge on any atom is 0.251 e. The number of nitriles is 1. The van der Waals surface area contributed by atoms with Gasteiger partial charge in [0.2, 0.25) is 0 Å². The topological polar surface area (TPSA) is 56.1 Å². The first-order valence-corrected chi connectivity index (χ1v) is 8.86. The van der Waals surface area contributed by atoms with E-state index in [1.807, 2.05) is 38.1 Å². The van der Waals surface area contributed by atoms with Gasteiger partial charge in [-0.05, 0) is 56.5 Å². The second-order valence-corrected chi connectivity index (χ2v) is 6.87. The van der Waals surface area contributed by atoms with Crippen LogP contribution in [0.15, 0.2) is 36.4 Å². The van der Waals surface area contributed by atoms with E-state index in [1.54, 1.807) is 12.1 Å². The second kappa shape index (κ2) is 7.57. The molecule has 5 heteroatoms. The number of halogens is 1. The number of hydrogen-bond donors (Lipinski definition) is 1. The van der Waals surface area contributed by atoms with Crippen LogP contribution in [0.3, 0.4) is 0 Å². The van der Waals surface area contributed by atoms with Crippen LogP contribution in [0.4, 0.5) is 10.1 Å². The van der Waals surface area contributed by atoms with Gasteiger partial charge in [-0.15, -0.1) is 0 Å². The van der Waals surface area contributed by atoms with Crippen LogP contribution in [0.1, 0.15) is 47.3 Å². The summed E-state index contributed by atoms with van der Waals surface area (Å²) < 4.78 is 14.3. The Hall–Kier alpha value is -2.87. The number of carbonyl (C=O) groups is 1. The van der Waals surface area contributed by atoms with Gasteiger partial charge in [-0.2, -0.15) is 5.26 Å². The molecule has 1 amide bonds. The lowest BCUT2D eigenvalue weighted by molar-refractivity contribution is 0.0942. The third kappa shape index (κ3) is 3.70. The van der Waals surface area contributed by atoms with Crippen molar-refractivity contribution < 1.29 is 9.18 Å². The predicted molar refractivity (Wildman–Crippen MR) is 99.5 cm³/mol. The summed E-state index contributed by atoms with van der Waals surface area (Å²) in [6.07, 6.45) is 1.75. The molecule has 0 bridgehead atoms. The number of hydrogen-bond acceptors (Lipinski definition) is 3. The van der Waals surface area contributed by atoms with Gasteiger partial charge >= 0.3 is 0 Å². The highest BCUT2D eigenvalue weighted by molar-refractivity contribution is 5.97. The number of anilines is 1. The fourth-order valence-corrected chi connectivity index (χ4v) is 3.37. The Labute approximate surface area is 153 Å². The Morgan fingerprint density at radius 1 is 1.35 bits per heavy atom. The molecule has 1 aliphatic rings. The highest BCUT2D eigenvalue weighted by atomic mass is 19.1. The predicted octanol–water partition coefficient (Wildman–Crippen LogP) is 3.79. The summed E-state index contributed by atoms with van der Waals surface area (Å²) in [5, 5.41) is 11.8. The van der Waals surface area contributed by atoms with Crippen molar-refractivity contribution in [1.29, 1.82) is 5.26 Å². The molecule has 0 unspecified atom stereocenters. The molecule has 0 aliphatic carbocycles. The van der Waals surface area contributed by atoms with Gasteiger partial charge in [0.05, 0.1) is 11.6 Å². The summed E-state index contributed by atoms with van der Waals surface area (Å²) in [5.41, 5.74) is 3.57. The summed E-state index contributed by atoms with van der Waals surface area (Å²) in [6, 6.07) is 12.3. The Morgan fingerprint density at radius 2 is 2.15 bits per heavy atom. The summed E-state index contributed by atoms with van der Waals surface area (Å²) in [4.78, 5) is 14.6. The highest BCUT2D eigenvalue weighted by Crippen LogP contribution is 2.31. The number of fused-ring (bicyclic) bond motifs is 1. The van der Waals surface area contributed by atoms with E-state index in [4.69, 9.17) is 5.26 Å². The molecule has 2 aromatic carbocycles. The van der Waals surface area contributed by atoms with Gasteiger partial charge in [0, 0.05) is 35.9 Å². The van der Waals surface area contributed by atoms with E-state index in [1.165, 1.54) is 6.07 Å². The zero-order valence-electron chi connectivity index (χ0n) is 15.1. The summed E-state index contributed by atoms with van der Waals surface area (Å²) in [7, 11) is 0. The fourth-order valence-electron chi connectivity index (χ4n) is 3.37. The van der Waals surface area contributed by atoms with Crippen molar-refractivity contribution in [2.24, 2.45) is 0 Å². The zero-order chi connectivity index (χ0) is 18.7. The third-order valence-electron chi connectivity index (χ3n) is 4.55. The van der Waals surface area contributed by atoms with Crippen LogP contribution >= 0.6 is 0 Å². The van der Waals surface area contributed by atoms with Crippen molar-refractivity contribution in [3.63, 3.8) is 0 Å². The van der Waals surface area contributed by atoms with Gasteiger partial charge in [-0.3, -0.25) is 4.79 Å². The van der Waals surface area contributed by atoms with Crippen molar-refractivity contribution in [3.8, 4) is 6.07 Å². The lowest BCUT2D eigenvalue weighted by Crippen LogP contribution is -2.34. The van der Waals surface area contributed by atoms with E-state index in [0.717, 1.165) is 30.6 Å². The number of rotatable bonds is 4. The van der Waals surface area contributed by atoms with Crippen LogP contribution in [0.2, 0.25) is 0 Å². The maximum atomic E-state index is 14.3. The van der Waals surface area contributed by atoms with E-state index < -0.39 is 0 Å². The molecule has 26 heavy (non-hydrogen) atoms. The lowest BCUT2D eigenvalue weighted by Gasteiger charge is -2.32. The summed E-state index contributed by atoms with van der Waals surface area (Å²) in [6.45, 7) is 5.10. The minimum absolute atomic E-state index is 0.0664. The van der Waals surface area contributed by atoms with Gasteiger partial charge in [-0.25, -0.2) is 4.39 Å². The van der Waals surface area contributed by atoms with Crippen LogP contribution in [0.25, 0.3) is 0 Å². The van der Waals surface area contributed by atoms with Crippen LogP contribution in [-0.4, -0.2) is 18.5 Å². The molecule has 0 fully saturated rings. The molecule has 0 radical (unpaired) electrons. The number of nitrogens with one attached hydrogen (secondary N) is 1. The first kappa shape index (κ1) is 17.9. The molecule has 0 spiro atoms. The monoisotopic (exact) mass is 351 g/mol. The van der Waals surface area contributed by atoms with Crippen molar-refractivity contribution >= 4 is 11.6 Å². The van der Waals surface area contributed by atoms with E-state index in [2.05, 4.69) is 10.2 Å². The fraction of sp³-hybridized carbons (Fsp3) is 0.333. The average molecular weight is 351 g/mol. The quantitative estimate of drug-likeness (QED) is 0.912. The van der Waals surface area contributed by atoms with Crippen molar-refractivity contribution in [2.45, 2.75) is 39.3 Å². The molecule has 0 aromatic heterocycles. The summed E-state index contributed by atoms with van der Waals surface area (Å²) in [5.74, 6) is -0.437. The van der Waals surface area contributed by atoms with E-state index in [9.17, 15) is 9.18 Å². The molecule has 0 saturated heterocycles. The van der Waals surface area contributed by atoms with Gasteiger partial charge in [-0.1, -0.05) is 12.1 Å². The van der Waals surface area contributed by atoms with Crippen LogP contribution < -0.4 is 10.2 Å². The van der Waals surface area contributed by atoms with Crippen molar-refractivity contribution in [1.82, 2.24) is 5.32 Å². The SMILES string of the molecule is CC(C)NC(=O)c1cccc2c1CCCN2Cc1ccc(C#N)cc1F. The van der Waals surface area contributed by atoms with Gasteiger partial charge < -0.3 is 10.2 Å². The molecule has 3 rings (SSSR count). The smallest absolute Gasteiger partial charge is 0.251 e. The number of carbonyl (C=O) groups excluding carboxylic acids is 1. The third-order valence-corrected chi connectivity index (χ3v) is 4.55. The van der Waals surface area contributed by atoms with Crippen molar-refractivity contribution in [3.05, 3.63) is 64.5 Å². The minimum Gasteiger partial charge on any atom is -0.367 e. The van der Waals surface area contributed by atoms with Gasteiger partial charge in [0.25, 0.3) is 5.91 Å². The van der Waals surface area contributed by atoms with Gasteiger partial charge in [0.15, 0.2) is 0 Å². The molecule has 1 aliphatic heterocycles. The average Bonchev–Trinajstić information content (AvgIpc) is 2.62. The number of nitrogens with zero attached hydrogens (tertiary/aromatic N) is 2. The standard InChI is InChI=1S/C21H22FN3O/c1-14(2)24-21(26)18-5-3-7-20-17(18)6-4-10-25(20)13-16-9-8-15(12-23)11-19(16)22/h3,5,7-9,11,14H,4,6,10,13H2,1-2H3,(H,24,26). The first-order valence-electron chi connectivity index (χ1n) is 8.86. The Bertz CT molecular complexity index is 870. The van der Waals surface area contributed by atoms with E-state index >= 15 is 0 Å². The number of benzene rings is 2. The molecule has 0 atom stereocenters. The number of amides is 1. The molecule has 2 aromatic rings. The first-order chi connectivity index (χ1) is 12.5. The Morgan fingerprint density at radius 3 is 2.85 bits per heavy atom. The molecular weight excluding hydrogens is 329 g/mol. The normalized spacial score (nSPS) is 13.3. The summed E-state index contributed by atoms with van der Waals surface area (Å²) >= 11 is 0. The van der Waals surface area contributed by atoms with E-state index in [-0.39, 0.29) is 17.8 Å². The van der Waals surface area contributed by atoms with Crippen molar-refractivity contribution in [2.75, 3.05) is 11.4 Å². The highest BCUT2D eigenvalue weighted by Gasteiger charge is 2.23. The van der Waals surface area contributed by atoms with Gasteiger partial charge in [0.1, 0.15) is 5.82 Å². The lowest BCUT2D eigenvalue weighted by atomic mass is 9.95. The molecule has 134 valence electrons. The van der Waals surface area contributed by atoms with Crippen LogP contribution in [-0.2, 0) is 13.0 Å². The molecule has 0 saturated carbocycles. The molecule has 4 nitrogen and oxygen atoms in total. The minimum atomic E-state index is -0.370. The largest absolute Gasteiger partial charge is 0.367 e.